The van der Waals surface area contributed by atoms with Gasteiger partial charge < -0.3 is 9.30 Å². The topological polar surface area (TPSA) is 14.2 Å². The number of aryl methyl sites for hydroxylation is 1. The quantitative estimate of drug-likeness (QED) is 0.156. The molecule has 0 amide bonds. The largest absolute Gasteiger partial charge is 0.457 e. The Balaban J connectivity index is 0.989. The number of para-hydroxylation sites is 4. The molecule has 2 aliphatic rings. The highest BCUT2D eigenvalue weighted by Crippen LogP contribution is 2.63. The van der Waals surface area contributed by atoms with Crippen LogP contribution in [0.5, 0.6) is 11.5 Å². The molecule has 10 aromatic carbocycles. The molecular weight excluding hydrogens is 775 g/mol. The second kappa shape index (κ2) is 14.6. The molecule has 64 heavy (non-hydrogen) atoms. The summed E-state index contributed by atoms with van der Waals surface area (Å²) in [6.07, 6.45) is 1.84. The van der Waals surface area contributed by atoms with Gasteiger partial charge in [0, 0.05) is 33.5 Å². The van der Waals surface area contributed by atoms with Crippen LogP contribution in [0.4, 0.5) is 0 Å². The number of hydrogen-bond acceptors (Lipinski definition) is 1. The first-order valence-corrected chi connectivity index (χ1v) is 22.5. The van der Waals surface area contributed by atoms with E-state index >= 15 is 0 Å². The van der Waals surface area contributed by atoms with Gasteiger partial charge in [0.2, 0.25) is 0 Å². The second-order valence-corrected chi connectivity index (χ2v) is 17.4. The SMILES string of the molecule is c1ccc(-c2ccccc2C(CCc2ccc3c(c2)C2(c4ccccc4Oc4ccccc42)c2c-3ccc3ccccc23)c2ccc3c(c2)c2ccccc2n3-c2ccccc2)cc1. The number of fused-ring (bicyclic) bond motifs is 14. The number of benzene rings is 10. The lowest BCUT2D eigenvalue weighted by Crippen LogP contribution is -2.32. The summed E-state index contributed by atoms with van der Waals surface area (Å²) in [7, 11) is 0. The van der Waals surface area contributed by atoms with Gasteiger partial charge in [-0.05, 0) is 116 Å². The van der Waals surface area contributed by atoms with Crippen LogP contribution in [-0.2, 0) is 11.8 Å². The van der Waals surface area contributed by atoms with Crippen molar-refractivity contribution in [3.8, 4) is 39.4 Å². The maximum atomic E-state index is 6.74. The third-order valence-corrected chi connectivity index (χ3v) is 14.1. The second-order valence-electron chi connectivity index (χ2n) is 17.4. The zero-order valence-electron chi connectivity index (χ0n) is 35.3. The van der Waals surface area contributed by atoms with Crippen molar-refractivity contribution in [3.05, 3.63) is 269 Å². The molecule has 0 saturated heterocycles. The van der Waals surface area contributed by atoms with Crippen LogP contribution in [0.25, 0.3) is 60.5 Å². The molecule has 0 radical (unpaired) electrons. The molecule has 2 heterocycles. The highest BCUT2D eigenvalue weighted by molar-refractivity contribution is 6.09. The first-order valence-electron chi connectivity index (χ1n) is 22.5. The molecule has 1 atom stereocenters. The van der Waals surface area contributed by atoms with E-state index in [-0.39, 0.29) is 5.92 Å². The van der Waals surface area contributed by atoms with Crippen LogP contribution < -0.4 is 4.74 Å². The molecule has 0 bridgehead atoms. The normalized spacial score (nSPS) is 13.6. The summed E-state index contributed by atoms with van der Waals surface area (Å²) in [6, 6.07) is 85.1. The van der Waals surface area contributed by atoms with Gasteiger partial charge in [-0.1, -0.05) is 188 Å². The molecule has 2 nitrogen and oxygen atoms in total. The third-order valence-electron chi connectivity index (χ3n) is 14.1. The number of ether oxygens (including phenoxy) is 1. The molecule has 1 aromatic heterocycles. The van der Waals surface area contributed by atoms with Crippen LogP contribution in [0.3, 0.4) is 0 Å². The van der Waals surface area contributed by atoms with Gasteiger partial charge in [0.25, 0.3) is 0 Å². The molecule has 0 fully saturated rings. The van der Waals surface area contributed by atoms with E-state index < -0.39 is 5.41 Å². The van der Waals surface area contributed by atoms with E-state index in [4.69, 9.17) is 4.74 Å². The Hall–Kier alpha value is -7.94. The van der Waals surface area contributed by atoms with Crippen molar-refractivity contribution in [2.45, 2.75) is 24.2 Å². The molecule has 1 aliphatic carbocycles. The summed E-state index contributed by atoms with van der Waals surface area (Å²) in [6.45, 7) is 0. The molecule has 302 valence electrons. The molecule has 1 spiro atoms. The van der Waals surface area contributed by atoms with Crippen molar-refractivity contribution < 1.29 is 4.74 Å². The van der Waals surface area contributed by atoms with E-state index in [2.05, 4.69) is 235 Å². The predicted octanol–water partition coefficient (Wildman–Crippen LogP) is 15.8. The first-order chi connectivity index (χ1) is 31.8. The predicted molar refractivity (Wildman–Crippen MR) is 264 cm³/mol. The maximum Gasteiger partial charge on any atom is 0.132 e. The molecule has 1 unspecified atom stereocenters. The monoisotopic (exact) mass is 817 g/mol. The van der Waals surface area contributed by atoms with E-state index in [0.717, 1.165) is 24.3 Å². The Bertz CT molecular complexity index is 3550. The molecular formula is C62H43NO. The Morgan fingerprint density at radius 1 is 0.438 bits per heavy atom. The standard InChI is InChI=1S/C62H43NO/c1-3-17-42(18-4-1)46-22-9-10-24-49(46)47(44-34-38-58-53(40-44)51-25-11-14-28-57(51)63(58)45-20-5-2-6-21-45)35-31-41-32-36-50-52-37-33-43-19-7-8-23-48(43)61(52)62(56(50)39-41)54-26-12-15-29-59(54)64-60-30-16-13-27-55(60)62/h1-30,32-34,36-40,47H,31,35H2. The molecule has 2 heteroatoms. The van der Waals surface area contributed by atoms with Gasteiger partial charge >= 0.3 is 0 Å². The Morgan fingerprint density at radius 3 is 1.89 bits per heavy atom. The minimum Gasteiger partial charge on any atom is -0.457 e. The van der Waals surface area contributed by atoms with Crippen LogP contribution in [-0.4, -0.2) is 4.57 Å². The van der Waals surface area contributed by atoms with Crippen molar-refractivity contribution in [3.63, 3.8) is 0 Å². The Labute approximate surface area is 373 Å². The van der Waals surface area contributed by atoms with Crippen LogP contribution in [0, 0.1) is 0 Å². The van der Waals surface area contributed by atoms with Gasteiger partial charge in [-0.3, -0.25) is 0 Å². The summed E-state index contributed by atoms with van der Waals surface area (Å²) < 4.78 is 9.16. The summed E-state index contributed by atoms with van der Waals surface area (Å²) in [5.74, 6) is 1.97. The number of hydrogen-bond donors (Lipinski definition) is 0. The van der Waals surface area contributed by atoms with Gasteiger partial charge in [-0.25, -0.2) is 0 Å². The first kappa shape index (κ1) is 36.7. The lowest BCUT2D eigenvalue weighted by atomic mass is 9.65. The zero-order chi connectivity index (χ0) is 42.2. The number of nitrogens with zero attached hydrogens (tertiary/aromatic N) is 1. The van der Waals surface area contributed by atoms with Gasteiger partial charge in [0.15, 0.2) is 0 Å². The van der Waals surface area contributed by atoms with E-state index in [1.165, 1.54) is 99.5 Å². The third kappa shape index (κ3) is 5.45. The molecule has 0 N–H and O–H groups in total. The highest BCUT2D eigenvalue weighted by atomic mass is 16.5. The van der Waals surface area contributed by atoms with Gasteiger partial charge in [0.05, 0.1) is 16.4 Å². The fourth-order valence-electron chi connectivity index (χ4n) is 11.4. The lowest BCUT2D eigenvalue weighted by Gasteiger charge is -2.40. The smallest absolute Gasteiger partial charge is 0.132 e. The molecule has 13 rings (SSSR count). The van der Waals surface area contributed by atoms with Gasteiger partial charge in [-0.2, -0.15) is 0 Å². The maximum absolute atomic E-state index is 6.74. The minimum atomic E-state index is -0.551. The van der Waals surface area contributed by atoms with E-state index in [1.807, 2.05) is 0 Å². The summed E-state index contributed by atoms with van der Waals surface area (Å²) in [4.78, 5) is 0. The van der Waals surface area contributed by atoms with E-state index in [0.29, 0.717) is 0 Å². The molecule has 11 aromatic rings. The Kier molecular flexibility index (Phi) is 8.36. The van der Waals surface area contributed by atoms with Crippen molar-refractivity contribution in [2.75, 3.05) is 0 Å². The number of rotatable bonds is 7. The molecule has 0 saturated carbocycles. The van der Waals surface area contributed by atoms with Crippen molar-refractivity contribution in [1.82, 2.24) is 4.57 Å². The average Bonchev–Trinajstić information content (AvgIpc) is 3.85. The van der Waals surface area contributed by atoms with Crippen LogP contribution in [0.1, 0.15) is 51.3 Å². The average molecular weight is 818 g/mol. The van der Waals surface area contributed by atoms with Crippen LogP contribution in [0.15, 0.2) is 231 Å². The van der Waals surface area contributed by atoms with Crippen LogP contribution in [0.2, 0.25) is 0 Å². The van der Waals surface area contributed by atoms with Crippen molar-refractivity contribution in [1.29, 1.82) is 0 Å². The van der Waals surface area contributed by atoms with Crippen LogP contribution >= 0.6 is 0 Å². The van der Waals surface area contributed by atoms with Gasteiger partial charge in [-0.15, -0.1) is 0 Å². The van der Waals surface area contributed by atoms with E-state index in [9.17, 15) is 0 Å². The molecule has 1 aliphatic heterocycles. The van der Waals surface area contributed by atoms with E-state index in [1.54, 1.807) is 0 Å². The summed E-state index contributed by atoms with van der Waals surface area (Å²) in [5, 5.41) is 5.08. The Morgan fingerprint density at radius 2 is 1.08 bits per heavy atom. The summed E-state index contributed by atoms with van der Waals surface area (Å²) in [5.41, 5.74) is 17.3. The number of aromatic nitrogens is 1. The van der Waals surface area contributed by atoms with Gasteiger partial charge in [0.1, 0.15) is 11.5 Å². The fourth-order valence-corrected chi connectivity index (χ4v) is 11.4. The van der Waals surface area contributed by atoms with Crippen molar-refractivity contribution >= 4 is 32.6 Å². The summed E-state index contributed by atoms with van der Waals surface area (Å²) >= 11 is 0. The lowest BCUT2D eigenvalue weighted by molar-refractivity contribution is 0.437. The fraction of sp³-hybridized carbons (Fsp3) is 0.0645. The minimum absolute atomic E-state index is 0.132. The zero-order valence-corrected chi connectivity index (χ0v) is 35.3. The highest BCUT2D eigenvalue weighted by Gasteiger charge is 2.52. The van der Waals surface area contributed by atoms with Crippen molar-refractivity contribution in [2.24, 2.45) is 0 Å².